The zero-order valence-corrected chi connectivity index (χ0v) is 17.3. The number of amides is 1. The lowest BCUT2D eigenvalue weighted by Crippen LogP contribution is -2.40. The Balaban J connectivity index is 2.73. The number of unbranched alkanes of at least 4 members (excludes halogenated alkanes) is 1. The van der Waals surface area contributed by atoms with Gasteiger partial charge in [-0.25, -0.2) is 4.79 Å². The van der Waals surface area contributed by atoms with Gasteiger partial charge in [0.25, 0.3) is 0 Å². The minimum Gasteiger partial charge on any atom is -0.479 e. The monoisotopic (exact) mass is 414 g/mol. The van der Waals surface area contributed by atoms with Crippen LogP contribution in [0, 0.1) is 5.92 Å². The number of nitrogens with two attached hydrogens (primary N) is 1. The Labute approximate surface area is 166 Å². The Morgan fingerprint density at radius 1 is 1.21 bits per heavy atom. The van der Waals surface area contributed by atoms with Gasteiger partial charge in [0, 0.05) is 6.42 Å². The van der Waals surface area contributed by atoms with Gasteiger partial charge in [0.2, 0.25) is 5.91 Å². The van der Waals surface area contributed by atoms with Crippen molar-refractivity contribution in [3.05, 3.63) is 35.9 Å². The van der Waals surface area contributed by atoms with E-state index in [1.54, 1.807) is 13.8 Å². The summed E-state index contributed by atoms with van der Waals surface area (Å²) in [5.41, 5.74) is 6.37. The number of rotatable bonds is 13. The van der Waals surface area contributed by atoms with Crippen molar-refractivity contribution in [3.8, 4) is 0 Å². The van der Waals surface area contributed by atoms with Crippen LogP contribution in [-0.4, -0.2) is 40.3 Å². The molecule has 9 heteroatoms. The first-order valence-electron chi connectivity index (χ1n) is 9.44. The molecule has 3 atom stereocenters. The maximum absolute atomic E-state index is 12.7. The maximum atomic E-state index is 12.7. The standard InChI is InChI=1S/C19H31N2O6P/c1-14(2)18(21-17(22)12-11-15-8-4-3-5-9-15)28(25,26)27-16(19(23)24)10-6-7-13-20/h3-5,8-9,14,16,18H,6-7,10-13,20H2,1-2H3,(H,21,22)(H,23,24)(H,25,26). The first-order valence-corrected chi connectivity index (χ1v) is 11.1. The molecule has 0 fully saturated rings. The molecule has 0 aliphatic carbocycles. The van der Waals surface area contributed by atoms with Crippen LogP contribution in [0.25, 0.3) is 0 Å². The Morgan fingerprint density at radius 2 is 1.86 bits per heavy atom. The molecule has 0 aliphatic rings. The van der Waals surface area contributed by atoms with Gasteiger partial charge in [-0.1, -0.05) is 44.2 Å². The molecule has 0 spiro atoms. The molecule has 0 aromatic heterocycles. The smallest absolute Gasteiger partial charge is 0.351 e. The highest BCUT2D eigenvalue weighted by atomic mass is 31.2. The number of hydrogen-bond donors (Lipinski definition) is 4. The van der Waals surface area contributed by atoms with E-state index in [2.05, 4.69) is 5.32 Å². The number of carbonyl (C=O) groups is 2. The van der Waals surface area contributed by atoms with Crippen molar-refractivity contribution in [1.82, 2.24) is 5.32 Å². The topological polar surface area (TPSA) is 139 Å². The molecule has 1 rings (SSSR count). The Kier molecular flexibility index (Phi) is 10.4. The van der Waals surface area contributed by atoms with E-state index >= 15 is 0 Å². The number of benzene rings is 1. The van der Waals surface area contributed by atoms with Gasteiger partial charge in [-0.2, -0.15) is 0 Å². The zero-order valence-electron chi connectivity index (χ0n) is 16.4. The van der Waals surface area contributed by atoms with E-state index in [1.165, 1.54) is 0 Å². The lowest BCUT2D eigenvalue weighted by atomic mass is 10.1. The predicted octanol–water partition coefficient (Wildman–Crippen LogP) is 2.50. The van der Waals surface area contributed by atoms with Crippen LogP contribution >= 0.6 is 7.60 Å². The molecule has 0 saturated carbocycles. The van der Waals surface area contributed by atoms with Crippen LogP contribution in [0.15, 0.2) is 30.3 Å². The fourth-order valence-corrected chi connectivity index (χ4v) is 4.46. The Bertz CT molecular complexity index is 668. The van der Waals surface area contributed by atoms with Gasteiger partial charge in [-0.05, 0) is 43.7 Å². The SMILES string of the molecule is CC(C)C(NC(=O)CCc1ccccc1)P(=O)(O)OC(CCCCN)C(=O)O. The van der Waals surface area contributed by atoms with Crippen molar-refractivity contribution in [2.24, 2.45) is 11.7 Å². The summed E-state index contributed by atoms with van der Waals surface area (Å²) in [5, 5.41) is 11.8. The second-order valence-corrected chi connectivity index (χ2v) is 8.92. The average Bonchev–Trinajstić information content (AvgIpc) is 2.64. The van der Waals surface area contributed by atoms with Crippen LogP contribution in [-0.2, 0) is 25.1 Å². The minimum absolute atomic E-state index is 0.0733. The van der Waals surface area contributed by atoms with Gasteiger partial charge < -0.3 is 21.1 Å². The molecule has 3 unspecified atom stereocenters. The van der Waals surface area contributed by atoms with E-state index in [0.29, 0.717) is 25.8 Å². The van der Waals surface area contributed by atoms with E-state index in [1.807, 2.05) is 30.3 Å². The largest absolute Gasteiger partial charge is 0.479 e. The van der Waals surface area contributed by atoms with E-state index in [4.69, 9.17) is 10.3 Å². The van der Waals surface area contributed by atoms with Gasteiger partial charge in [0.15, 0.2) is 6.10 Å². The van der Waals surface area contributed by atoms with E-state index in [9.17, 15) is 24.2 Å². The van der Waals surface area contributed by atoms with Crippen molar-refractivity contribution >= 4 is 19.5 Å². The van der Waals surface area contributed by atoms with Gasteiger partial charge in [-0.15, -0.1) is 0 Å². The summed E-state index contributed by atoms with van der Waals surface area (Å²) in [7, 11) is -4.41. The molecule has 1 aromatic carbocycles. The predicted molar refractivity (Wildman–Crippen MR) is 107 cm³/mol. The Hall–Kier alpha value is -1.73. The second kappa shape index (κ2) is 12.0. The molecule has 0 saturated heterocycles. The number of carboxylic acids is 1. The molecule has 0 bridgehead atoms. The summed E-state index contributed by atoms with van der Waals surface area (Å²) in [4.78, 5) is 34.0. The van der Waals surface area contributed by atoms with Crippen LogP contribution in [0.1, 0.15) is 45.1 Å². The minimum atomic E-state index is -4.41. The molecule has 8 nitrogen and oxygen atoms in total. The van der Waals surface area contributed by atoms with E-state index < -0.39 is 37.3 Å². The van der Waals surface area contributed by atoms with Crippen molar-refractivity contribution in [3.63, 3.8) is 0 Å². The molecule has 5 N–H and O–H groups in total. The lowest BCUT2D eigenvalue weighted by Gasteiger charge is -2.28. The third-order valence-electron chi connectivity index (χ3n) is 4.25. The van der Waals surface area contributed by atoms with Crippen LogP contribution in [0.2, 0.25) is 0 Å². The molecule has 1 amide bonds. The van der Waals surface area contributed by atoms with Crippen LogP contribution in [0.5, 0.6) is 0 Å². The normalized spacial score (nSPS) is 15.6. The summed E-state index contributed by atoms with van der Waals surface area (Å²) in [6.45, 7) is 3.73. The van der Waals surface area contributed by atoms with Crippen molar-refractivity contribution in [1.29, 1.82) is 0 Å². The fraction of sp³-hybridized carbons (Fsp3) is 0.579. The number of aryl methyl sites for hydroxylation is 1. The van der Waals surface area contributed by atoms with Gasteiger partial charge in [-0.3, -0.25) is 13.9 Å². The summed E-state index contributed by atoms with van der Waals surface area (Å²) in [5.74, 6) is -3.32. The lowest BCUT2D eigenvalue weighted by molar-refractivity contribution is -0.145. The zero-order chi connectivity index (χ0) is 21.2. The quantitative estimate of drug-likeness (QED) is 0.287. The highest BCUT2D eigenvalue weighted by Crippen LogP contribution is 2.50. The summed E-state index contributed by atoms with van der Waals surface area (Å²) < 4.78 is 17.8. The molecule has 0 radical (unpaired) electrons. The molecule has 158 valence electrons. The number of aliphatic carboxylic acids is 1. The maximum Gasteiger partial charge on any atom is 0.351 e. The van der Waals surface area contributed by atoms with E-state index in [-0.39, 0.29) is 12.8 Å². The van der Waals surface area contributed by atoms with Gasteiger partial charge in [0.05, 0.1) is 0 Å². The highest BCUT2D eigenvalue weighted by Gasteiger charge is 2.40. The molecule has 0 aliphatic heterocycles. The Morgan fingerprint density at radius 3 is 2.39 bits per heavy atom. The highest BCUT2D eigenvalue weighted by molar-refractivity contribution is 7.53. The summed E-state index contributed by atoms with van der Waals surface area (Å²) in [6.07, 6.45) is 0.335. The molecule has 1 aromatic rings. The molecule has 0 heterocycles. The average molecular weight is 414 g/mol. The molecule has 28 heavy (non-hydrogen) atoms. The second-order valence-electron chi connectivity index (χ2n) is 7.02. The molecular formula is C19H31N2O6P. The van der Waals surface area contributed by atoms with Gasteiger partial charge in [0.1, 0.15) is 5.78 Å². The summed E-state index contributed by atoms with van der Waals surface area (Å²) >= 11 is 0. The third kappa shape index (κ3) is 8.52. The number of hydrogen-bond acceptors (Lipinski definition) is 5. The fourth-order valence-electron chi connectivity index (χ4n) is 2.71. The van der Waals surface area contributed by atoms with Crippen LogP contribution in [0.4, 0.5) is 0 Å². The first-order chi connectivity index (χ1) is 13.2. The van der Waals surface area contributed by atoms with E-state index in [0.717, 1.165) is 5.56 Å². The summed E-state index contributed by atoms with van der Waals surface area (Å²) in [6, 6.07) is 9.41. The van der Waals surface area contributed by atoms with Gasteiger partial charge >= 0.3 is 13.6 Å². The number of nitrogens with one attached hydrogen (secondary N) is 1. The van der Waals surface area contributed by atoms with Crippen LogP contribution < -0.4 is 11.1 Å². The first kappa shape index (κ1) is 24.3. The third-order valence-corrected chi connectivity index (χ3v) is 6.23. The van der Waals surface area contributed by atoms with Crippen LogP contribution in [0.3, 0.4) is 0 Å². The molecular weight excluding hydrogens is 383 g/mol. The number of carbonyl (C=O) groups excluding carboxylic acids is 1. The van der Waals surface area contributed by atoms with Crippen molar-refractivity contribution < 1.29 is 28.7 Å². The van der Waals surface area contributed by atoms with Crippen molar-refractivity contribution in [2.75, 3.05) is 6.54 Å². The van der Waals surface area contributed by atoms with Crippen molar-refractivity contribution in [2.45, 2.75) is 57.8 Å². The number of carboxylic acid groups (broad SMARTS) is 1.